The number of carbonyl (C=O) groups is 1. The molecule has 23 heavy (non-hydrogen) atoms. The number of hydrogen-bond donors (Lipinski definition) is 1. The zero-order valence-electron chi connectivity index (χ0n) is 13.3. The molecule has 0 unspecified atom stereocenters. The van der Waals surface area contributed by atoms with E-state index in [0.29, 0.717) is 16.2 Å². The van der Waals surface area contributed by atoms with E-state index in [1.807, 2.05) is 23.6 Å². The van der Waals surface area contributed by atoms with Crippen LogP contribution in [0, 0.1) is 13.8 Å². The van der Waals surface area contributed by atoms with Gasteiger partial charge >= 0.3 is 6.03 Å². The molecule has 1 fully saturated rings. The molecule has 1 aliphatic rings. The van der Waals surface area contributed by atoms with Crippen molar-refractivity contribution in [2.24, 2.45) is 0 Å². The third-order valence-electron chi connectivity index (χ3n) is 3.86. The number of likely N-dealkylation sites (tertiary alicyclic amines) is 1. The largest absolute Gasteiger partial charge is 0.324 e. The number of urea groups is 1. The first-order chi connectivity index (χ1) is 11.1. The zero-order valence-corrected chi connectivity index (χ0v) is 14.9. The van der Waals surface area contributed by atoms with Crippen LogP contribution in [0.5, 0.6) is 0 Å². The van der Waals surface area contributed by atoms with Gasteiger partial charge in [0, 0.05) is 34.8 Å². The summed E-state index contributed by atoms with van der Waals surface area (Å²) in [5, 5.41) is 3.98. The number of carbonyl (C=O) groups excluding carboxylic acids is 1. The number of hydrogen-bond acceptors (Lipinski definition) is 5. The lowest BCUT2D eigenvalue weighted by molar-refractivity contribution is 0.201. The van der Waals surface area contributed by atoms with E-state index in [-0.39, 0.29) is 6.03 Å². The molecular formula is C16H20N4OS2. The van der Waals surface area contributed by atoms with Crippen LogP contribution in [0.15, 0.2) is 29.2 Å². The minimum atomic E-state index is -0.0690. The predicted octanol–water partition coefficient (Wildman–Crippen LogP) is 3.94. The molecule has 7 heteroatoms. The van der Waals surface area contributed by atoms with E-state index in [2.05, 4.69) is 45.9 Å². The molecule has 0 bridgehead atoms. The van der Waals surface area contributed by atoms with Gasteiger partial charge in [0.2, 0.25) is 5.13 Å². The molecule has 0 spiro atoms. The summed E-state index contributed by atoms with van der Waals surface area (Å²) in [5.41, 5.74) is 1.32. The Hall–Kier alpha value is -1.60. The molecule has 1 aromatic heterocycles. The van der Waals surface area contributed by atoms with Crippen LogP contribution in [0.1, 0.15) is 24.2 Å². The highest BCUT2D eigenvalue weighted by molar-refractivity contribution is 8.00. The van der Waals surface area contributed by atoms with Gasteiger partial charge in [0.25, 0.3) is 0 Å². The summed E-state index contributed by atoms with van der Waals surface area (Å²) in [6.07, 6.45) is 2.03. The topological polar surface area (TPSA) is 58.1 Å². The van der Waals surface area contributed by atoms with E-state index in [0.717, 1.165) is 25.9 Å². The van der Waals surface area contributed by atoms with E-state index < -0.39 is 0 Å². The minimum absolute atomic E-state index is 0.0690. The Labute approximate surface area is 144 Å². The van der Waals surface area contributed by atoms with E-state index in [4.69, 9.17) is 0 Å². The molecule has 1 aromatic carbocycles. The SMILES string of the molecule is Cc1nsc(NC(=O)N2CCC(Sc3ccccc3C)CC2)n1. The molecule has 2 heterocycles. The lowest BCUT2D eigenvalue weighted by Crippen LogP contribution is -2.41. The normalized spacial score (nSPS) is 15.7. The van der Waals surface area contributed by atoms with Crippen molar-refractivity contribution in [3.63, 3.8) is 0 Å². The Morgan fingerprint density at radius 3 is 2.70 bits per heavy atom. The standard InChI is InChI=1S/C16H20N4OS2/c1-11-5-3-4-6-14(11)22-13-7-9-20(10-8-13)16(21)18-15-17-12(2)19-23-15/h3-6,13H,7-10H2,1-2H3,(H,17,18,19,21). The molecule has 1 aliphatic heterocycles. The summed E-state index contributed by atoms with van der Waals surface area (Å²) in [7, 11) is 0. The Kier molecular flexibility index (Phi) is 5.17. The van der Waals surface area contributed by atoms with E-state index in [1.165, 1.54) is 22.0 Å². The van der Waals surface area contributed by atoms with Gasteiger partial charge in [-0.2, -0.15) is 4.37 Å². The van der Waals surface area contributed by atoms with Crippen molar-refractivity contribution in [3.05, 3.63) is 35.7 Å². The Balaban J connectivity index is 1.50. The maximum absolute atomic E-state index is 12.2. The molecule has 1 N–H and O–H groups in total. The monoisotopic (exact) mass is 348 g/mol. The summed E-state index contributed by atoms with van der Waals surface area (Å²) in [5.74, 6) is 0.693. The fourth-order valence-corrected chi connectivity index (χ4v) is 4.35. The number of anilines is 1. The van der Waals surface area contributed by atoms with Gasteiger partial charge in [0.15, 0.2) is 0 Å². The zero-order chi connectivity index (χ0) is 16.2. The van der Waals surface area contributed by atoms with E-state index in [1.54, 1.807) is 0 Å². The summed E-state index contributed by atoms with van der Waals surface area (Å²) in [6.45, 7) is 5.54. The maximum Gasteiger partial charge on any atom is 0.323 e. The highest BCUT2D eigenvalue weighted by Crippen LogP contribution is 2.32. The van der Waals surface area contributed by atoms with Gasteiger partial charge in [0.05, 0.1) is 0 Å². The number of piperidine rings is 1. The molecule has 2 aromatic rings. The Bertz CT molecular complexity index is 680. The van der Waals surface area contributed by atoms with Gasteiger partial charge < -0.3 is 4.90 Å². The minimum Gasteiger partial charge on any atom is -0.324 e. The second-order valence-electron chi connectivity index (χ2n) is 5.65. The summed E-state index contributed by atoms with van der Waals surface area (Å²) in [4.78, 5) is 19.6. The molecule has 3 rings (SSSR count). The van der Waals surface area contributed by atoms with Crippen molar-refractivity contribution in [2.75, 3.05) is 18.4 Å². The number of aromatic nitrogens is 2. The average molecular weight is 348 g/mol. The van der Waals surface area contributed by atoms with Gasteiger partial charge in [-0.25, -0.2) is 9.78 Å². The molecule has 0 saturated carbocycles. The van der Waals surface area contributed by atoms with Crippen molar-refractivity contribution in [2.45, 2.75) is 36.8 Å². The first-order valence-electron chi connectivity index (χ1n) is 7.70. The average Bonchev–Trinajstić information content (AvgIpc) is 2.95. The Morgan fingerprint density at radius 1 is 1.30 bits per heavy atom. The van der Waals surface area contributed by atoms with Gasteiger partial charge in [-0.3, -0.25) is 5.32 Å². The second-order valence-corrected chi connectivity index (χ2v) is 7.74. The molecule has 0 aliphatic carbocycles. The molecule has 0 atom stereocenters. The predicted molar refractivity (Wildman–Crippen MR) is 95.3 cm³/mol. The van der Waals surface area contributed by atoms with Crippen LogP contribution < -0.4 is 5.32 Å². The van der Waals surface area contributed by atoms with Crippen LogP contribution in [0.2, 0.25) is 0 Å². The van der Waals surface area contributed by atoms with Gasteiger partial charge in [-0.15, -0.1) is 11.8 Å². The van der Waals surface area contributed by atoms with Crippen LogP contribution in [-0.2, 0) is 0 Å². The lowest BCUT2D eigenvalue weighted by Gasteiger charge is -2.31. The number of thioether (sulfide) groups is 1. The first kappa shape index (κ1) is 16.3. The summed E-state index contributed by atoms with van der Waals surface area (Å²) in [6, 6.07) is 8.41. The molecular weight excluding hydrogens is 328 g/mol. The second kappa shape index (κ2) is 7.31. The smallest absolute Gasteiger partial charge is 0.323 e. The Morgan fingerprint density at radius 2 is 2.04 bits per heavy atom. The number of amides is 2. The quantitative estimate of drug-likeness (QED) is 0.912. The molecule has 0 radical (unpaired) electrons. The summed E-state index contributed by atoms with van der Waals surface area (Å²) >= 11 is 3.16. The molecule has 2 amide bonds. The molecule has 122 valence electrons. The van der Waals surface area contributed by atoms with Crippen LogP contribution in [-0.4, -0.2) is 38.6 Å². The lowest BCUT2D eigenvalue weighted by atomic mass is 10.1. The number of nitrogens with zero attached hydrogens (tertiary/aromatic N) is 3. The van der Waals surface area contributed by atoms with Crippen molar-refractivity contribution in [1.82, 2.24) is 14.3 Å². The van der Waals surface area contributed by atoms with Crippen LogP contribution in [0.25, 0.3) is 0 Å². The number of nitrogens with one attached hydrogen (secondary N) is 1. The third-order valence-corrected chi connectivity index (χ3v) is 6.10. The first-order valence-corrected chi connectivity index (χ1v) is 9.35. The third kappa shape index (κ3) is 4.23. The van der Waals surface area contributed by atoms with Crippen molar-refractivity contribution < 1.29 is 4.79 Å². The van der Waals surface area contributed by atoms with E-state index in [9.17, 15) is 4.79 Å². The highest BCUT2D eigenvalue weighted by atomic mass is 32.2. The maximum atomic E-state index is 12.2. The highest BCUT2D eigenvalue weighted by Gasteiger charge is 2.24. The fourth-order valence-electron chi connectivity index (χ4n) is 2.56. The van der Waals surface area contributed by atoms with E-state index >= 15 is 0 Å². The van der Waals surface area contributed by atoms with Gasteiger partial charge in [-0.05, 0) is 38.3 Å². The molecule has 1 saturated heterocycles. The van der Waals surface area contributed by atoms with Gasteiger partial charge in [-0.1, -0.05) is 18.2 Å². The fraction of sp³-hybridized carbons (Fsp3) is 0.438. The van der Waals surface area contributed by atoms with Crippen LogP contribution in [0.4, 0.5) is 9.93 Å². The van der Waals surface area contributed by atoms with Crippen molar-refractivity contribution >= 4 is 34.5 Å². The summed E-state index contributed by atoms with van der Waals surface area (Å²) < 4.78 is 4.08. The van der Waals surface area contributed by atoms with Crippen LogP contribution in [0.3, 0.4) is 0 Å². The van der Waals surface area contributed by atoms with Crippen LogP contribution >= 0.6 is 23.3 Å². The number of rotatable bonds is 3. The van der Waals surface area contributed by atoms with Crippen molar-refractivity contribution in [3.8, 4) is 0 Å². The van der Waals surface area contributed by atoms with Crippen molar-refractivity contribution in [1.29, 1.82) is 0 Å². The molecule has 5 nitrogen and oxygen atoms in total. The van der Waals surface area contributed by atoms with Gasteiger partial charge in [0.1, 0.15) is 5.82 Å². The number of benzene rings is 1. The number of aryl methyl sites for hydroxylation is 2.